The Morgan fingerprint density at radius 1 is 1.10 bits per heavy atom. The highest BCUT2D eigenvalue weighted by atomic mass is 16.4. The summed E-state index contributed by atoms with van der Waals surface area (Å²) in [4.78, 5) is 16.8. The van der Waals surface area contributed by atoms with Crippen LogP contribution in [-0.4, -0.2) is 58.8 Å². The molecule has 2 amide bonds. The molecule has 1 aromatic carbocycles. The lowest BCUT2D eigenvalue weighted by Gasteiger charge is -2.48. The third-order valence-corrected chi connectivity index (χ3v) is 6.76. The van der Waals surface area contributed by atoms with Crippen LogP contribution in [0, 0.1) is 5.41 Å². The molecule has 1 spiro atoms. The fourth-order valence-electron chi connectivity index (χ4n) is 5.26. The van der Waals surface area contributed by atoms with E-state index in [2.05, 4.69) is 27.5 Å². The second-order valence-electron chi connectivity index (χ2n) is 9.09. The van der Waals surface area contributed by atoms with Crippen LogP contribution in [0.15, 0.2) is 34.7 Å². The molecule has 2 aromatic rings. The summed E-state index contributed by atoms with van der Waals surface area (Å²) in [5.41, 5.74) is 1.08. The number of benzene rings is 1. The predicted octanol–water partition coefficient (Wildman–Crippen LogP) is 3.46. The van der Waals surface area contributed by atoms with Gasteiger partial charge in [-0.05, 0) is 38.4 Å². The lowest BCUT2D eigenvalue weighted by molar-refractivity contribution is 0.0384. The van der Waals surface area contributed by atoms with Gasteiger partial charge in [0.15, 0.2) is 0 Å². The molecule has 3 aliphatic rings. The van der Waals surface area contributed by atoms with Crippen molar-refractivity contribution in [2.45, 2.75) is 50.6 Å². The Balaban J connectivity index is 1.20. The van der Waals surface area contributed by atoms with E-state index in [1.165, 1.54) is 19.3 Å². The minimum Gasteiger partial charge on any atom is -0.419 e. The average molecular weight is 396 g/mol. The maximum Gasteiger partial charge on any atom is 0.317 e. The summed E-state index contributed by atoms with van der Waals surface area (Å²) in [6, 6.07) is 10.5. The lowest BCUT2D eigenvalue weighted by Crippen LogP contribution is -2.62. The zero-order chi connectivity index (χ0) is 19.8. The number of hydrogen-bond donors (Lipinski definition) is 1. The van der Waals surface area contributed by atoms with Gasteiger partial charge in [0.1, 0.15) is 0 Å². The standard InChI is InChI=1S/C22H29N5O2/c1-26-13-22(14-27(15-22)21(28)23-17-10-6-3-7-11-17)12-18(26)20-25-24-19(29-20)16-8-4-2-5-9-16/h2,4-5,8-9,17-18H,3,6-7,10-15H2,1H3,(H,23,28). The maximum atomic E-state index is 12.6. The summed E-state index contributed by atoms with van der Waals surface area (Å²) >= 11 is 0. The van der Waals surface area contributed by atoms with Crippen molar-refractivity contribution >= 4 is 6.03 Å². The van der Waals surface area contributed by atoms with Gasteiger partial charge in [-0.25, -0.2) is 4.79 Å². The van der Waals surface area contributed by atoms with Gasteiger partial charge in [-0.2, -0.15) is 0 Å². The van der Waals surface area contributed by atoms with Crippen molar-refractivity contribution in [3.05, 3.63) is 36.2 Å². The number of urea groups is 1. The Morgan fingerprint density at radius 2 is 1.86 bits per heavy atom. The highest BCUT2D eigenvalue weighted by Crippen LogP contribution is 2.47. The van der Waals surface area contributed by atoms with Crippen LogP contribution in [0.25, 0.3) is 11.5 Å². The van der Waals surface area contributed by atoms with Crippen molar-refractivity contribution in [3.8, 4) is 11.5 Å². The first-order valence-electron chi connectivity index (χ1n) is 10.8. The molecule has 1 atom stereocenters. The zero-order valence-corrected chi connectivity index (χ0v) is 17.0. The molecule has 2 aliphatic heterocycles. The predicted molar refractivity (Wildman–Crippen MR) is 109 cm³/mol. The number of carbonyl (C=O) groups is 1. The van der Waals surface area contributed by atoms with Crippen molar-refractivity contribution in [1.29, 1.82) is 0 Å². The second kappa shape index (κ2) is 7.44. The summed E-state index contributed by atoms with van der Waals surface area (Å²) < 4.78 is 6.00. The fourth-order valence-corrected chi connectivity index (χ4v) is 5.26. The molecule has 1 aliphatic carbocycles. The Labute approximate surface area is 171 Å². The van der Waals surface area contributed by atoms with Crippen LogP contribution in [-0.2, 0) is 0 Å². The molecule has 3 fully saturated rings. The quantitative estimate of drug-likeness (QED) is 0.861. The number of rotatable bonds is 3. The normalized spacial score (nSPS) is 24.6. The maximum absolute atomic E-state index is 12.6. The number of hydrogen-bond acceptors (Lipinski definition) is 5. The van der Waals surface area contributed by atoms with Crippen LogP contribution in [0.5, 0.6) is 0 Å². The molecule has 7 heteroatoms. The van der Waals surface area contributed by atoms with Crippen LogP contribution < -0.4 is 5.32 Å². The number of carbonyl (C=O) groups excluding carboxylic acids is 1. The average Bonchev–Trinajstić information content (AvgIpc) is 3.33. The molecule has 0 bridgehead atoms. The molecule has 5 rings (SSSR count). The van der Waals surface area contributed by atoms with E-state index in [0.29, 0.717) is 17.8 Å². The van der Waals surface area contributed by atoms with E-state index >= 15 is 0 Å². The Bertz CT molecular complexity index is 855. The van der Waals surface area contributed by atoms with Crippen molar-refractivity contribution in [3.63, 3.8) is 0 Å². The minimum absolute atomic E-state index is 0.109. The van der Waals surface area contributed by atoms with Crippen molar-refractivity contribution in [2.75, 3.05) is 26.7 Å². The van der Waals surface area contributed by atoms with Gasteiger partial charge in [0.25, 0.3) is 0 Å². The monoisotopic (exact) mass is 395 g/mol. The third-order valence-electron chi connectivity index (χ3n) is 6.76. The first-order chi connectivity index (χ1) is 14.1. The number of aromatic nitrogens is 2. The van der Waals surface area contributed by atoms with Crippen LogP contribution in [0.2, 0.25) is 0 Å². The molecule has 2 saturated heterocycles. The Morgan fingerprint density at radius 3 is 2.62 bits per heavy atom. The van der Waals surface area contributed by atoms with E-state index < -0.39 is 0 Å². The highest BCUT2D eigenvalue weighted by molar-refractivity contribution is 5.75. The van der Waals surface area contributed by atoms with E-state index in [4.69, 9.17) is 4.42 Å². The fraction of sp³-hybridized carbons (Fsp3) is 0.591. The number of amides is 2. The molecule has 29 heavy (non-hydrogen) atoms. The summed E-state index contributed by atoms with van der Waals surface area (Å²) in [6.07, 6.45) is 6.96. The van der Waals surface area contributed by atoms with Gasteiger partial charge in [0.2, 0.25) is 11.8 Å². The molecule has 1 aromatic heterocycles. The van der Waals surface area contributed by atoms with Crippen LogP contribution in [0.4, 0.5) is 4.79 Å². The second-order valence-corrected chi connectivity index (χ2v) is 9.09. The van der Waals surface area contributed by atoms with Gasteiger partial charge >= 0.3 is 6.03 Å². The Kier molecular flexibility index (Phi) is 4.78. The molecule has 154 valence electrons. The summed E-state index contributed by atoms with van der Waals surface area (Å²) in [6.45, 7) is 2.58. The number of nitrogens with zero attached hydrogens (tertiary/aromatic N) is 4. The van der Waals surface area contributed by atoms with Gasteiger partial charge in [0.05, 0.1) is 6.04 Å². The van der Waals surface area contributed by atoms with E-state index in [-0.39, 0.29) is 17.5 Å². The topological polar surface area (TPSA) is 74.5 Å². The first-order valence-corrected chi connectivity index (χ1v) is 10.8. The van der Waals surface area contributed by atoms with Crippen molar-refractivity contribution < 1.29 is 9.21 Å². The largest absolute Gasteiger partial charge is 0.419 e. The smallest absolute Gasteiger partial charge is 0.317 e. The van der Waals surface area contributed by atoms with E-state index in [0.717, 1.165) is 44.5 Å². The number of likely N-dealkylation sites (tertiary alicyclic amines) is 2. The number of nitrogens with one attached hydrogen (secondary N) is 1. The molecule has 0 radical (unpaired) electrons. The molecule has 7 nitrogen and oxygen atoms in total. The van der Waals surface area contributed by atoms with Gasteiger partial charge < -0.3 is 14.6 Å². The SMILES string of the molecule is CN1CC2(CC1c1nnc(-c3ccccc3)o1)CN(C(=O)NC1CCCCC1)C2. The van der Waals surface area contributed by atoms with Crippen molar-refractivity contribution in [1.82, 2.24) is 25.3 Å². The molecule has 3 heterocycles. The molecule has 1 N–H and O–H groups in total. The summed E-state index contributed by atoms with van der Waals surface area (Å²) in [5, 5.41) is 11.8. The van der Waals surface area contributed by atoms with E-state index in [1.807, 2.05) is 35.2 Å². The molecular weight excluding hydrogens is 366 g/mol. The third kappa shape index (κ3) is 3.64. The molecular formula is C22H29N5O2. The van der Waals surface area contributed by atoms with Crippen LogP contribution in [0.3, 0.4) is 0 Å². The summed E-state index contributed by atoms with van der Waals surface area (Å²) in [5.74, 6) is 1.24. The van der Waals surface area contributed by atoms with Gasteiger partial charge in [-0.3, -0.25) is 4.90 Å². The minimum atomic E-state index is 0.109. The highest BCUT2D eigenvalue weighted by Gasteiger charge is 2.53. The zero-order valence-electron chi connectivity index (χ0n) is 17.0. The van der Waals surface area contributed by atoms with Crippen molar-refractivity contribution in [2.24, 2.45) is 5.41 Å². The first kappa shape index (κ1) is 18.6. The van der Waals surface area contributed by atoms with E-state index in [9.17, 15) is 4.79 Å². The Hall–Kier alpha value is -2.41. The molecule has 1 saturated carbocycles. The van der Waals surface area contributed by atoms with Gasteiger partial charge in [0, 0.05) is 36.7 Å². The summed E-state index contributed by atoms with van der Waals surface area (Å²) in [7, 11) is 2.11. The molecule has 1 unspecified atom stereocenters. The van der Waals surface area contributed by atoms with Crippen LogP contribution >= 0.6 is 0 Å². The lowest BCUT2D eigenvalue weighted by atomic mass is 9.78. The van der Waals surface area contributed by atoms with Gasteiger partial charge in [-0.15, -0.1) is 10.2 Å². The van der Waals surface area contributed by atoms with E-state index in [1.54, 1.807) is 0 Å². The van der Waals surface area contributed by atoms with Gasteiger partial charge in [-0.1, -0.05) is 37.5 Å². The van der Waals surface area contributed by atoms with Crippen LogP contribution in [0.1, 0.15) is 50.5 Å².